The van der Waals surface area contributed by atoms with Gasteiger partial charge in [0, 0.05) is 23.4 Å². The van der Waals surface area contributed by atoms with Crippen LogP contribution in [0.15, 0.2) is 54.6 Å². The molecule has 0 spiro atoms. The van der Waals surface area contributed by atoms with Crippen molar-refractivity contribution in [2.45, 2.75) is 25.2 Å². The fraction of sp³-hybridized carbons (Fsp3) is 0.190. The van der Waals surface area contributed by atoms with Crippen molar-refractivity contribution in [2.75, 3.05) is 10.6 Å². The summed E-state index contributed by atoms with van der Waals surface area (Å²) in [6.07, 6.45) is -2.76. The van der Waals surface area contributed by atoms with Crippen molar-refractivity contribution in [3.05, 3.63) is 60.2 Å². The van der Waals surface area contributed by atoms with Gasteiger partial charge in [0.2, 0.25) is 5.95 Å². The smallest absolute Gasteiger partial charge is 0.406 e. The highest BCUT2D eigenvalue weighted by molar-refractivity contribution is 5.69. The lowest BCUT2D eigenvalue weighted by Crippen LogP contribution is -2.17. The topological polar surface area (TPSA) is 82.9 Å². The second-order valence-corrected chi connectivity index (χ2v) is 6.77. The van der Waals surface area contributed by atoms with Crippen molar-refractivity contribution < 1.29 is 17.9 Å². The highest BCUT2D eigenvalue weighted by atomic mass is 19.4. The van der Waals surface area contributed by atoms with Gasteiger partial charge >= 0.3 is 6.36 Å². The van der Waals surface area contributed by atoms with Crippen LogP contribution in [0.3, 0.4) is 0 Å². The second-order valence-electron chi connectivity index (χ2n) is 6.77. The number of anilines is 3. The summed E-state index contributed by atoms with van der Waals surface area (Å²) >= 11 is 0. The van der Waals surface area contributed by atoms with E-state index in [1.54, 1.807) is 36.4 Å². The first kappa shape index (κ1) is 19.5. The van der Waals surface area contributed by atoms with Gasteiger partial charge < -0.3 is 15.4 Å². The zero-order valence-electron chi connectivity index (χ0n) is 15.6. The van der Waals surface area contributed by atoms with E-state index in [1.807, 2.05) is 0 Å². The summed E-state index contributed by atoms with van der Waals surface area (Å²) in [6.45, 7) is 0. The molecule has 1 heterocycles. The van der Waals surface area contributed by atoms with Crippen LogP contribution in [0.5, 0.6) is 5.75 Å². The van der Waals surface area contributed by atoms with Crippen LogP contribution in [-0.4, -0.2) is 22.4 Å². The maximum absolute atomic E-state index is 12.6. The molecule has 1 fully saturated rings. The quantitative estimate of drug-likeness (QED) is 0.578. The SMILES string of the molecule is N#Cc1cccc(Nc2cc(-c3cccc(OC(F)(F)F)c3)nc(NC3CC3)n2)c1. The number of hydrogen-bond donors (Lipinski definition) is 2. The third kappa shape index (κ3) is 5.17. The van der Waals surface area contributed by atoms with E-state index in [0.717, 1.165) is 12.8 Å². The number of ether oxygens (including phenoxy) is 1. The zero-order chi connectivity index (χ0) is 21.1. The molecule has 0 saturated heterocycles. The first-order valence-electron chi connectivity index (χ1n) is 9.17. The van der Waals surface area contributed by atoms with Crippen molar-refractivity contribution in [1.82, 2.24) is 9.97 Å². The van der Waals surface area contributed by atoms with Gasteiger partial charge in [0.25, 0.3) is 0 Å². The summed E-state index contributed by atoms with van der Waals surface area (Å²) in [7, 11) is 0. The fourth-order valence-corrected chi connectivity index (χ4v) is 2.80. The van der Waals surface area contributed by atoms with Crippen molar-refractivity contribution in [2.24, 2.45) is 0 Å². The molecule has 1 aliphatic rings. The van der Waals surface area contributed by atoms with Crippen LogP contribution in [0.2, 0.25) is 0 Å². The van der Waals surface area contributed by atoms with Gasteiger partial charge in [-0.15, -0.1) is 13.2 Å². The van der Waals surface area contributed by atoms with Crippen LogP contribution >= 0.6 is 0 Å². The number of aromatic nitrogens is 2. The number of rotatable bonds is 6. The Morgan fingerprint density at radius 3 is 2.57 bits per heavy atom. The highest BCUT2D eigenvalue weighted by Gasteiger charge is 2.31. The summed E-state index contributed by atoms with van der Waals surface area (Å²) in [5.74, 6) is 0.489. The molecule has 30 heavy (non-hydrogen) atoms. The molecule has 9 heteroatoms. The standard InChI is InChI=1S/C21H16F3N5O/c22-21(23,24)30-17-6-2-4-14(10-17)18-11-19(29-20(28-18)27-15-7-8-15)26-16-5-1-3-13(9-16)12-25/h1-6,9-11,15H,7-8H2,(H2,26,27,28,29). The molecule has 4 rings (SSSR count). The van der Waals surface area contributed by atoms with E-state index < -0.39 is 6.36 Å². The zero-order valence-corrected chi connectivity index (χ0v) is 15.6. The number of alkyl halides is 3. The van der Waals surface area contributed by atoms with E-state index in [-0.39, 0.29) is 11.8 Å². The second kappa shape index (κ2) is 7.91. The maximum Gasteiger partial charge on any atom is 0.573 e. The normalized spacial score (nSPS) is 13.4. The lowest BCUT2D eigenvalue weighted by atomic mass is 10.1. The lowest BCUT2D eigenvalue weighted by molar-refractivity contribution is -0.274. The van der Waals surface area contributed by atoms with Gasteiger partial charge in [-0.05, 0) is 43.2 Å². The Balaban J connectivity index is 1.68. The molecule has 1 aromatic heterocycles. The number of hydrogen-bond acceptors (Lipinski definition) is 6. The highest BCUT2D eigenvalue weighted by Crippen LogP contribution is 2.30. The van der Waals surface area contributed by atoms with Crippen LogP contribution < -0.4 is 15.4 Å². The summed E-state index contributed by atoms with van der Waals surface area (Å²) in [6, 6.07) is 16.5. The Morgan fingerprint density at radius 1 is 1.03 bits per heavy atom. The van der Waals surface area contributed by atoms with Gasteiger partial charge in [-0.25, -0.2) is 4.98 Å². The maximum atomic E-state index is 12.6. The number of benzene rings is 2. The largest absolute Gasteiger partial charge is 0.573 e. The van der Waals surface area contributed by atoms with Crippen LogP contribution in [0.25, 0.3) is 11.3 Å². The minimum Gasteiger partial charge on any atom is -0.406 e. The van der Waals surface area contributed by atoms with E-state index in [1.165, 1.54) is 18.2 Å². The summed E-state index contributed by atoms with van der Waals surface area (Å²) < 4.78 is 41.7. The molecule has 6 nitrogen and oxygen atoms in total. The molecular weight excluding hydrogens is 395 g/mol. The molecule has 152 valence electrons. The van der Waals surface area contributed by atoms with E-state index in [0.29, 0.717) is 34.3 Å². The van der Waals surface area contributed by atoms with Crippen LogP contribution in [0, 0.1) is 11.3 Å². The Bertz CT molecular complexity index is 1110. The predicted molar refractivity (Wildman–Crippen MR) is 105 cm³/mol. The average Bonchev–Trinajstić information content (AvgIpc) is 3.51. The van der Waals surface area contributed by atoms with Crippen LogP contribution in [0.4, 0.5) is 30.6 Å². The van der Waals surface area contributed by atoms with Crippen molar-refractivity contribution in [1.29, 1.82) is 5.26 Å². The van der Waals surface area contributed by atoms with Gasteiger partial charge in [-0.2, -0.15) is 10.2 Å². The molecule has 0 atom stereocenters. The molecule has 0 unspecified atom stereocenters. The number of nitrogens with one attached hydrogen (secondary N) is 2. The average molecular weight is 411 g/mol. The molecule has 0 bridgehead atoms. The van der Waals surface area contributed by atoms with Gasteiger partial charge in [0.05, 0.1) is 17.3 Å². The minimum absolute atomic E-state index is 0.287. The van der Waals surface area contributed by atoms with Gasteiger partial charge in [-0.3, -0.25) is 0 Å². The third-order valence-electron chi connectivity index (χ3n) is 4.26. The van der Waals surface area contributed by atoms with E-state index >= 15 is 0 Å². The predicted octanol–water partition coefficient (Wildman–Crippen LogP) is 5.23. The molecule has 0 radical (unpaired) electrons. The number of nitrogens with zero attached hydrogens (tertiary/aromatic N) is 3. The van der Waals surface area contributed by atoms with E-state index in [4.69, 9.17) is 5.26 Å². The van der Waals surface area contributed by atoms with Crippen molar-refractivity contribution >= 4 is 17.5 Å². The monoisotopic (exact) mass is 411 g/mol. The Labute approximate surface area is 170 Å². The van der Waals surface area contributed by atoms with Gasteiger partial charge in [-0.1, -0.05) is 18.2 Å². The first-order chi connectivity index (χ1) is 14.4. The molecule has 0 aliphatic heterocycles. The van der Waals surface area contributed by atoms with Crippen LogP contribution in [-0.2, 0) is 0 Å². The number of nitriles is 1. The lowest BCUT2D eigenvalue weighted by Gasteiger charge is -2.13. The van der Waals surface area contributed by atoms with Crippen molar-refractivity contribution in [3.8, 4) is 23.1 Å². The van der Waals surface area contributed by atoms with Crippen LogP contribution in [0.1, 0.15) is 18.4 Å². The van der Waals surface area contributed by atoms with E-state index in [9.17, 15) is 13.2 Å². The molecule has 2 N–H and O–H groups in total. The molecule has 2 aromatic carbocycles. The summed E-state index contributed by atoms with van der Waals surface area (Å²) in [5.41, 5.74) is 2.03. The Hall–Kier alpha value is -3.80. The molecule has 1 aliphatic carbocycles. The fourth-order valence-electron chi connectivity index (χ4n) is 2.80. The number of halogens is 3. The molecule has 1 saturated carbocycles. The Morgan fingerprint density at radius 2 is 1.83 bits per heavy atom. The third-order valence-corrected chi connectivity index (χ3v) is 4.26. The molecule has 0 amide bonds. The molecular formula is C21H16F3N5O. The summed E-state index contributed by atoms with van der Waals surface area (Å²) in [5, 5.41) is 15.4. The Kier molecular flexibility index (Phi) is 5.14. The van der Waals surface area contributed by atoms with Gasteiger partial charge in [0.1, 0.15) is 11.6 Å². The molecule has 3 aromatic rings. The summed E-state index contributed by atoms with van der Waals surface area (Å²) in [4.78, 5) is 8.89. The first-order valence-corrected chi connectivity index (χ1v) is 9.17. The van der Waals surface area contributed by atoms with E-state index in [2.05, 4.69) is 31.4 Å². The van der Waals surface area contributed by atoms with Crippen molar-refractivity contribution in [3.63, 3.8) is 0 Å². The minimum atomic E-state index is -4.78. The van der Waals surface area contributed by atoms with Gasteiger partial charge in [0.15, 0.2) is 0 Å².